The van der Waals surface area contributed by atoms with Crippen molar-refractivity contribution in [1.82, 2.24) is 25.3 Å². The highest BCUT2D eigenvalue weighted by Crippen LogP contribution is 2.23. The van der Waals surface area contributed by atoms with Gasteiger partial charge in [-0.15, -0.1) is 0 Å². The number of likely N-dealkylation sites (N-methyl/N-ethyl adjacent to an activating group) is 1. The number of ether oxygens (including phenoxy) is 1. The van der Waals surface area contributed by atoms with Crippen molar-refractivity contribution in [2.45, 2.75) is 104 Å². The SMILES string of the molecule is CC(C)NC(=O)C(C)N(C)C(=O)C1CCCN1C(=O)CC(C)OC(=O)C1CCCN1C=O.Cc1cc(F)cc(F)c1.Cc1ccc(NC(=O)NCC(N)=O)cc1. The molecule has 0 radical (unpaired) electrons. The molecule has 2 aliphatic heterocycles. The van der Waals surface area contributed by atoms with Gasteiger partial charge >= 0.3 is 12.0 Å². The van der Waals surface area contributed by atoms with Crippen LogP contribution in [0.2, 0.25) is 0 Å². The normalized spacial score (nSPS) is 16.9. The number of esters is 1. The van der Waals surface area contributed by atoms with Gasteiger partial charge in [0, 0.05) is 37.9 Å². The van der Waals surface area contributed by atoms with E-state index in [4.69, 9.17) is 10.5 Å². The quantitative estimate of drug-likeness (QED) is 0.186. The Bertz CT molecular complexity index is 1630. The van der Waals surface area contributed by atoms with E-state index in [-0.39, 0.29) is 36.7 Å². The summed E-state index contributed by atoms with van der Waals surface area (Å²) in [7, 11) is 1.57. The Labute approximate surface area is 326 Å². The van der Waals surface area contributed by atoms with Crippen LogP contribution in [0.1, 0.15) is 70.9 Å². The molecule has 5 N–H and O–H groups in total. The molecule has 17 heteroatoms. The average Bonchev–Trinajstić information content (AvgIpc) is 3.81. The van der Waals surface area contributed by atoms with E-state index in [1.54, 1.807) is 40.0 Å². The zero-order chi connectivity index (χ0) is 42.1. The van der Waals surface area contributed by atoms with Gasteiger partial charge in [0.05, 0.1) is 13.0 Å². The summed E-state index contributed by atoms with van der Waals surface area (Å²) < 4.78 is 29.8. The van der Waals surface area contributed by atoms with Crippen molar-refractivity contribution >= 4 is 47.7 Å². The molecule has 2 heterocycles. The minimum Gasteiger partial charge on any atom is -0.461 e. The van der Waals surface area contributed by atoms with Gasteiger partial charge in [-0.05, 0) is 97.1 Å². The van der Waals surface area contributed by atoms with Crippen LogP contribution in [0.3, 0.4) is 0 Å². The Hall–Kier alpha value is -5.61. The Balaban J connectivity index is 0.000000367. The van der Waals surface area contributed by atoms with E-state index in [0.29, 0.717) is 50.0 Å². The number of carbonyl (C=O) groups excluding carboxylic acids is 7. The number of carbonyl (C=O) groups is 7. The van der Waals surface area contributed by atoms with Crippen LogP contribution in [-0.2, 0) is 33.5 Å². The number of likely N-dealkylation sites (tertiary alicyclic amines) is 2. The smallest absolute Gasteiger partial charge is 0.329 e. The second kappa shape index (κ2) is 22.7. The molecule has 2 aliphatic rings. The number of hydrogen-bond acceptors (Lipinski definition) is 8. The van der Waals surface area contributed by atoms with Crippen molar-refractivity contribution in [1.29, 1.82) is 0 Å². The van der Waals surface area contributed by atoms with Crippen LogP contribution in [0, 0.1) is 25.5 Å². The largest absolute Gasteiger partial charge is 0.461 e. The lowest BCUT2D eigenvalue weighted by molar-refractivity contribution is -0.157. The fraction of sp³-hybridized carbons (Fsp3) is 0.513. The van der Waals surface area contributed by atoms with Crippen LogP contribution in [0.5, 0.6) is 0 Å². The molecule has 2 aromatic carbocycles. The van der Waals surface area contributed by atoms with Gasteiger partial charge < -0.3 is 41.1 Å². The molecule has 4 rings (SSSR count). The number of nitrogens with two attached hydrogens (primary N) is 1. The molecule has 4 unspecified atom stereocenters. The third-order valence-corrected chi connectivity index (χ3v) is 8.82. The lowest BCUT2D eigenvalue weighted by Crippen LogP contribution is -2.53. The predicted molar refractivity (Wildman–Crippen MR) is 205 cm³/mol. The molecular weight excluding hydrogens is 732 g/mol. The maximum absolute atomic E-state index is 13.0. The van der Waals surface area contributed by atoms with E-state index in [1.165, 1.54) is 26.8 Å². The minimum absolute atomic E-state index is 0.0370. The number of halogens is 2. The van der Waals surface area contributed by atoms with Crippen molar-refractivity contribution in [2.24, 2.45) is 5.73 Å². The van der Waals surface area contributed by atoms with Gasteiger partial charge in [-0.3, -0.25) is 24.0 Å². The Morgan fingerprint density at radius 3 is 2.05 bits per heavy atom. The first-order valence-corrected chi connectivity index (χ1v) is 18.4. The standard InChI is InChI=1S/C22H36N4O6.C10H13N3O2.C7H6F2/c1-14(2)23-20(29)16(4)24(5)21(30)17-8-7-11-26(17)19(28)12-15(3)32-22(31)18-9-6-10-25(18)13-27;1-7-2-4-8(5-3-7)13-10(15)12-6-9(11)14;1-5-2-6(8)4-7(9)3-5/h13-18H,6-12H2,1-5H3,(H,23,29);2-5H,6H2,1H3,(H2,11,14)(H2,12,13,15);2-4H,1H3. The lowest BCUT2D eigenvalue weighted by Gasteiger charge is -2.31. The number of nitrogens with zero attached hydrogens (tertiary/aromatic N) is 3. The Morgan fingerprint density at radius 2 is 1.50 bits per heavy atom. The van der Waals surface area contributed by atoms with Crippen molar-refractivity contribution < 1.29 is 47.1 Å². The predicted octanol–water partition coefficient (Wildman–Crippen LogP) is 3.17. The topological polar surface area (TPSA) is 201 Å². The van der Waals surface area contributed by atoms with Gasteiger partial charge in [0.15, 0.2) is 0 Å². The maximum Gasteiger partial charge on any atom is 0.329 e. The summed E-state index contributed by atoms with van der Waals surface area (Å²) in [5.41, 5.74) is 7.26. The highest BCUT2D eigenvalue weighted by atomic mass is 19.1. The van der Waals surface area contributed by atoms with E-state index >= 15 is 0 Å². The van der Waals surface area contributed by atoms with Gasteiger partial charge in [0.2, 0.25) is 30.0 Å². The monoisotopic (exact) mass is 787 g/mol. The fourth-order valence-electron chi connectivity index (χ4n) is 5.85. The number of aryl methyl sites for hydroxylation is 2. The van der Waals surface area contributed by atoms with E-state index in [1.807, 2.05) is 32.9 Å². The van der Waals surface area contributed by atoms with Crippen molar-refractivity contribution in [3.8, 4) is 0 Å². The molecule has 308 valence electrons. The number of anilines is 1. The zero-order valence-corrected chi connectivity index (χ0v) is 33.1. The molecule has 0 bridgehead atoms. The summed E-state index contributed by atoms with van der Waals surface area (Å²) in [6.07, 6.45) is 2.43. The van der Waals surface area contributed by atoms with Gasteiger partial charge in [-0.25, -0.2) is 18.4 Å². The minimum atomic E-state index is -0.672. The van der Waals surface area contributed by atoms with Crippen LogP contribution in [0.15, 0.2) is 42.5 Å². The van der Waals surface area contributed by atoms with E-state index in [9.17, 15) is 42.3 Å². The second-order valence-corrected chi connectivity index (χ2v) is 14.1. The third kappa shape index (κ3) is 15.6. The second-order valence-electron chi connectivity index (χ2n) is 14.1. The molecule has 56 heavy (non-hydrogen) atoms. The van der Waals surface area contributed by atoms with Gasteiger partial charge in [0.1, 0.15) is 35.9 Å². The van der Waals surface area contributed by atoms with E-state index in [2.05, 4.69) is 16.0 Å². The number of urea groups is 1. The summed E-state index contributed by atoms with van der Waals surface area (Å²) >= 11 is 0. The summed E-state index contributed by atoms with van der Waals surface area (Å²) in [6.45, 7) is 11.4. The van der Waals surface area contributed by atoms with Gasteiger partial charge in [0.25, 0.3) is 0 Å². The molecule has 4 atom stereocenters. The summed E-state index contributed by atoms with van der Waals surface area (Å²) in [6, 6.07) is 8.35. The van der Waals surface area contributed by atoms with Crippen molar-refractivity contribution in [3.63, 3.8) is 0 Å². The number of nitrogens with one attached hydrogen (secondary N) is 3. The van der Waals surface area contributed by atoms with Crippen molar-refractivity contribution in [3.05, 3.63) is 65.2 Å². The number of benzene rings is 2. The molecule has 2 aromatic rings. The first kappa shape index (κ1) is 46.5. The number of rotatable bonds is 12. The van der Waals surface area contributed by atoms with Crippen LogP contribution in [0.4, 0.5) is 19.3 Å². The molecule has 0 aliphatic carbocycles. The number of primary amides is 1. The average molecular weight is 788 g/mol. The first-order valence-electron chi connectivity index (χ1n) is 18.4. The van der Waals surface area contributed by atoms with Crippen LogP contribution < -0.4 is 21.7 Å². The third-order valence-electron chi connectivity index (χ3n) is 8.82. The Kier molecular flexibility index (Phi) is 18.9. The number of amides is 7. The highest BCUT2D eigenvalue weighted by Gasteiger charge is 2.39. The van der Waals surface area contributed by atoms with E-state index < -0.39 is 53.8 Å². The maximum atomic E-state index is 13.0. The van der Waals surface area contributed by atoms with Gasteiger partial charge in [-0.2, -0.15) is 0 Å². The summed E-state index contributed by atoms with van der Waals surface area (Å²) in [5.74, 6) is -2.92. The van der Waals surface area contributed by atoms with Crippen LogP contribution >= 0.6 is 0 Å². The number of hydrogen-bond donors (Lipinski definition) is 4. The molecule has 7 amide bonds. The molecule has 0 saturated carbocycles. The molecule has 2 fully saturated rings. The van der Waals surface area contributed by atoms with Gasteiger partial charge in [-0.1, -0.05) is 17.7 Å². The Morgan fingerprint density at radius 1 is 0.911 bits per heavy atom. The fourth-order valence-corrected chi connectivity index (χ4v) is 5.85. The summed E-state index contributed by atoms with van der Waals surface area (Å²) in [4.78, 5) is 87.5. The van der Waals surface area contributed by atoms with Crippen molar-refractivity contribution in [2.75, 3.05) is 32.0 Å². The lowest BCUT2D eigenvalue weighted by atomic mass is 10.1. The van der Waals surface area contributed by atoms with E-state index in [0.717, 1.165) is 18.1 Å². The first-order chi connectivity index (χ1) is 26.3. The summed E-state index contributed by atoms with van der Waals surface area (Å²) in [5, 5.41) is 7.68. The van der Waals surface area contributed by atoms with Crippen LogP contribution in [0.25, 0.3) is 0 Å². The molecule has 0 aromatic heterocycles. The molecular formula is C39H55F2N7O8. The molecule has 15 nitrogen and oxygen atoms in total. The highest BCUT2D eigenvalue weighted by molar-refractivity contribution is 5.93. The zero-order valence-electron chi connectivity index (χ0n) is 33.1. The molecule has 0 spiro atoms. The molecule has 2 saturated heterocycles. The van der Waals surface area contributed by atoms with Crippen LogP contribution in [-0.4, -0.2) is 114 Å².